The smallest absolute Gasteiger partial charge is 0.185 e. The summed E-state index contributed by atoms with van der Waals surface area (Å²) >= 11 is 5.75. The van der Waals surface area contributed by atoms with Crippen LogP contribution in [0.1, 0.15) is 27.2 Å². The minimum Gasteiger partial charge on any atom is -0.292 e. The lowest BCUT2D eigenvalue weighted by atomic mass is 9.97. The van der Waals surface area contributed by atoms with E-state index in [0.29, 0.717) is 17.1 Å². The predicted octanol–water partition coefficient (Wildman–Crippen LogP) is 3.78. The molecule has 1 aromatic heterocycles. The van der Waals surface area contributed by atoms with Gasteiger partial charge < -0.3 is 0 Å². The monoisotopic (exact) mass is 259 g/mol. The van der Waals surface area contributed by atoms with Gasteiger partial charge in [-0.15, -0.1) is 0 Å². The van der Waals surface area contributed by atoms with Gasteiger partial charge in [0.15, 0.2) is 5.78 Å². The number of nitrogens with zero attached hydrogens (tertiary/aromatic N) is 1. The van der Waals surface area contributed by atoms with E-state index in [1.807, 2.05) is 32.0 Å². The summed E-state index contributed by atoms with van der Waals surface area (Å²) in [6, 6.07) is 9.39. The van der Waals surface area contributed by atoms with Gasteiger partial charge >= 0.3 is 0 Å². The molecule has 0 aliphatic heterocycles. The standard InChI is InChI=1S/C15H14ClNO/c1-10-4-3-5-11(2)13(10)8-15(18)14-7-6-12(16)9-17-14/h3-7,9H,8H2,1-2H3. The Morgan fingerprint density at radius 3 is 2.39 bits per heavy atom. The number of Topliss-reactive ketones (excluding diaryl/α,β-unsaturated/α-hetero) is 1. The molecule has 0 aliphatic carbocycles. The molecule has 1 aromatic carbocycles. The van der Waals surface area contributed by atoms with Gasteiger partial charge in [0.25, 0.3) is 0 Å². The molecule has 0 unspecified atom stereocenters. The lowest BCUT2D eigenvalue weighted by Crippen LogP contribution is -2.08. The van der Waals surface area contributed by atoms with Crippen LogP contribution < -0.4 is 0 Å². The van der Waals surface area contributed by atoms with Crippen molar-refractivity contribution in [1.29, 1.82) is 0 Å². The van der Waals surface area contributed by atoms with Crippen LogP contribution in [0, 0.1) is 13.8 Å². The van der Waals surface area contributed by atoms with Crippen LogP contribution in [0.2, 0.25) is 5.02 Å². The largest absolute Gasteiger partial charge is 0.292 e. The second-order valence-electron chi connectivity index (χ2n) is 4.33. The minimum absolute atomic E-state index is 0.0177. The summed E-state index contributed by atoms with van der Waals surface area (Å²) in [6.07, 6.45) is 1.88. The maximum Gasteiger partial charge on any atom is 0.185 e. The lowest BCUT2D eigenvalue weighted by Gasteiger charge is -2.08. The summed E-state index contributed by atoms with van der Waals surface area (Å²) < 4.78 is 0. The number of carbonyl (C=O) groups excluding carboxylic acids is 1. The average Bonchev–Trinajstić information content (AvgIpc) is 2.34. The summed E-state index contributed by atoms with van der Waals surface area (Å²) in [5.41, 5.74) is 3.82. The Kier molecular flexibility index (Phi) is 3.78. The number of ketones is 1. The normalized spacial score (nSPS) is 10.4. The SMILES string of the molecule is Cc1cccc(C)c1CC(=O)c1ccc(Cl)cn1. The van der Waals surface area contributed by atoms with Crippen LogP contribution in [-0.2, 0) is 6.42 Å². The van der Waals surface area contributed by atoms with Crippen molar-refractivity contribution in [1.82, 2.24) is 4.98 Å². The van der Waals surface area contributed by atoms with Gasteiger partial charge in [-0.3, -0.25) is 9.78 Å². The van der Waals surface area contributed by atoms with E-state index in [-0.39, 0.29) is 5.78 Å². The molecule has 0 amide bonds. The fraction of sp³-hybridized carbons (Fsp3) is 0.200. The first-order chi connectivity index (χ1) is 8.58. The Labute approximate surface area is 112 Å². The van der Waals surface area contributed by atoms with E-state index in [0.717, 1.165) is 16.7 Å². The number of carbonyl (C=O) groups is 1. The summed E-state index contributed by atoms with van der Waals surface area (Å²) in [7, 11) is 0. The van der Waals surface area contributed by atoms with Gasteiger partial charge in [0, 0.05) is 12.6 Å². The molecule has 0 aliphatic rings. The highest BCUT2D eigenvalue weighted by Crippen LogP contribution is 2.16. The zero-order chi connectivity index (χ0) is 13.1. The maximum atomic E-state index is 12.1. The quantitative estimate of drug-likeness (QED) is 0.786. The van der Waals surface area contributed by atoms with Gasteiger partial charge in [-0.2, -0.15) is 0 Å². The van der Waals surface area contributed by atoms with Crippen molar-refractivity contribution in [2.45, 2.75) is 20.3 Å². The maximum absolute atomic E-state index is 12.1. The first-order valence-corrected chi connectivity index (χ1v) is 6.15. The van der Waals surface area contributed by atoms with Crippen LogP contribution in [0.3, 0.4) is 0 Å². The van der Waals surface area contributed by atoms with E-state index in [1.165, 1.54) is 6.20 Å². The van der Waals surface area contributed by atoms with Crippen molar-refractivity contribution >= 4 is 17.4 Å². The van der Waals surface area contributed by atoms with Crippen LogP contribution >= 0.6 is 11.6 Å². The number of hydrogen-bond donors (Lipinski definition) is 0. The molecule has 2 rings (SSSR count). The lowest BCUT2D eigenvalue weighted by molar-refractivity contribution is 0.0988. The molecule has 3 heteroatoms. The molecule has 0 atom stereocenters. The fourth-order valence-corrected chi connectivity index (χ4v) is 2.03. The summed E-state index contributed by atoms with van der Waals surface area (Å²) in [5, 5.41) is 0.540. The van der Waals surface area contributed by atoms with Crippen molar-refractivity contribution in [2.24, 2.45) is 0 Å². The molecule has 2 nitrogen and oxygen atoms in total. The van der Waals surface area contributed by atoms with Gasteiger partial charge in [0.1, 0.15) is 5.69 Å². The minimum atomic E-state index is 0.0177. The summed E-state index contributed by atoms with van der Waals surface area (Å²) in [6.45, 7) is 4.04. The molecule has 92 valence electrons. The fourth-order valence-electron chi connectivity index (χ4n) is 1.92. The third-order valence-electron chi connectivity index (χ3n) is 2.99. The number of benzene rings is 1. The summed E-state index contributed by atoms with van der Waals surface area (Å²) in [4.78, 5) is 16.2. The number of rotatable bonds is 3. The molecule has 0 fully saturated rings. The van der Waals surface area contributed by atoms with Gasteiger partial charge in [-0.05, 0) is 42.7 Å². The molecule has 0 N–H and O–H groups in total. The molecule has 1 heterocycles. The molecule has 0 radical (unpaired) electrons. The Morgan fingerprint density at radius 1 is 1.17 bits per heavy atom. The average molecular weight is 260 g/mol. The van der Waals surface area contributed by atoms with Gasteiger partial charge in [-0.25, -0.2) is 0 Å². The molecular weight excluding hydrogens is 246 g/mol. The second-order valence-corrected chi connectivity index (χ2v) is 4.77. The molecular formula is C15H14ClNO. The van der Waals surface area contributed by atoms with Crippen molar-refractivity contribution in [3.05, 3.63) is 63.9 Å². The highest BCUT2D eigenvalue weighted by Gasteiger charge is 2.11. The Hall–Kier alpha value is -1.67. The second kappa shape index (κ2) is 5.32. The van der Waals surface area contributed by atoms with Gasteiger partial charge in [-0.1, -0.05) is 29.8 Å². The van der Waals surface area contributed by atoms with Crippen molar-refractivity contribution in [3.63, 3.8) is 0 Å². The number of hydrogen-bond acceptors (Lipinski definition) is 2. The van der Waals surface area contributed by atoms with Crippen LogP contribution in [-0.4, -0.2) is 10.8 Å². The van der Waals surface area contributed by atoms with Crippen LogP contribution in [0.4, 0.5) is 0 Å². The molecule has 0 spiro atoms. The Bertz CT molecular complexity index is 555. The number of aromatic nitrogens is 1. The molecule has 0 saturated heterocycles. The first-order valence-electron chi connectivity index (χ1n) is 5.78. The molecule has 2 aromatic rings. The van der Waals surface area contributed by atoms with Crippen molar-refractivity contribution in [2.75, 3.05) is 0 Å². The highest BCUT2D eigenvalue weighted by atomic mass is 35.5. The Morgan fingerprint density at radius 2 is 1.83 bits per heavy atom. The zero-order valence-electron chi connectivity index (χ0n) is 10.4. The third-order valence-corrected chi connectivity index (χ3v) is 3.22. The van der Waals surface area contributed by atoms with E-state index in [2.05, 4.69) is 4.98 Å². The number of aryl methyl sites for hydroxylation is 2. The zero-order valence-corrected chi connectivity index (χ0v) is 11.2. The van der Waals surface area contributed by atoms with E-state index >= 15 is 0 Å². The van der Waals surface area contributed by atoms with Crippen molar-refractivity contribution < 1.29 is 4.79 Å². The highest BCUT2D eigenvalue weighted by molar-refractivity contribution is 6.30. The van der Waals surface area contributed by atoms with E-state index in [9.17, 15) is 4.79 Å². The van der Waals surface area contributed by atoms with Crippen LogP contribution in [0.5, 0.6) is 0 Å². The molecule has 18 heavy (non-hydrogen) atoms. The summed E-state index contributed by atoms with van der Waals surface area (Å²) in [5.74, 6) is 0.0177. The first kappa shape index (κ1) is 12.8. The molecule has 0 saturated carbocycles. The van der Waals surface area contributed by atoms with E-state index < -0.39 is 0 Å². The third kappa shape index (κ3) is 2.77. The number of pyridine rings is 1. The Balaban J connectivity index is 2.24. The van der Waals surface area contributed by atoms with E-state index in [1.54, 1.807) is 12.1 Å². The van der Waals surface area contributed by atoms with E-state index in [4.69, 9.17) is 11.6 Å². The number of halogens is 1. The van der Waals surface area contributed by atoms with Crippen LogP contribution in [0.25, 0.3) is 0 Å². The topological polar surface area (TPSA) is 30.0 Å². The van der Waals surface area contributed by atoms with Crippen LogP contribution in [0.15, 0.2) is 36.5 Å². The van der Waals surface area contributed by atoms with Crippen molar-refractivity contribution in [3.8, 4) is 0 Å². The predicted molar refractivity (Wildman–Crippen MR) is 73.2 cm³/mol. The van der Waals surface area contributed by atoms with Gasteiger partial charge in [0.2, 0.25) is 0 Å². The van der Waals surface area contributed by atoms with Gasteiger partial charge in [0.05, 0.1) is 5.02 Å². The molecule has 0 bridgehead atoms.